The van der Waals surface area contributed by atoms with Crippen molar-refractivity contribution in [1.29, 1.82) is 0 Å². The number of amides is 3. The van der Waals surface area contributed by atoms with Gasteiger partial charge in [-0.15, -0.1) is 0 Å². The largest absolute Gasteiger partial charge is 0.456 e. The lowest BCUT2D eigenvalue weighted by Crippen LogP contribution is -2.31. The minimum absolute atomic E-state index is 0.0661. The van der Waals surface area contributed by atoms with E-state index >= 15 is 0 Å². The first kappa shape index (κ1) is 22.4. The number of rotatable bonds is 9. The highest BCUT2D eigenvalue weighted by atomic mass is 32.2. The molecule has 0 aliphatic carbocycles. The predicted molar refractivity (Wildman–Crippen MR) is 109 cm³/mol. The lowest BCUT2D eigenvalue weighted by Gasteiger charge is -2.13. The first-order valence-corrected chi connectivity index (χ1v) is 10.2. The Balaban J connectivity index is 1.37. The van der Waals surface area contributed by atoms with E-state index in [1.165, 1.54) is 24.3 Å². The molecule has 0 aromatic heterocycles. The summed E-state index contributed by atoms with van der Waals surface area (Å²) >= 11 is 0.393. The van der Waals surface area contributed by atoms with Gasteiger partial charge in [-0.3, -0.25) is 24.1 Å². The van der Waals surface area contributed by atoms with Gasteiger partial charge in [-0.1, -0.05) is 23.9 Å². The van der Waals surface area contributed by atoms with E-state index in [-0.39, 0.29) is 19.4 Å². The van der Waals surface area contributed by atoms with E-state index in [9.17, 15) is 28.0 Å². The molecular weight excluding hydrogens is 430 g/mol. The second-order valence-corrected chi connectivity index (χ2v) is 7.59. The van der Waals surface area contributed by atoms with Crippen LogP contribution < -0.4 is 5.32 Å². The predicted octanol–water partition coefficient (Wildman–Crippen LogP) is 3.56. The topological polar surface area (TPSA) is 92.8 Å². The molecule has 0 saturated heterocycles. The quantitative estimate of drug-likeness (QED) is 0.358. The molecule has 0 bridgehead atoms. The van der Waals surface area contributed by atoms with Gasteiger partial charge < -0.3 is 10.1 Å². The van der Waals surface area contributed by atoms with Gasteiger partial charge in [0, 0.05) is 23.5 Å². The molecule has 7 nitrogen and oxygen atoms in total. The number of fused-ring (bicyclic) bond motifs is 1. The van der Waals surface area contributed by atoms with Crippen molar-refractivity contribution < 1.29 is 32.7 Å². The Labute approximate surface area is 180 Å². The molecule has 0 fully saturated rings. The average molecular weight is 448 g/mol. The minimum atomic E-state index is -2.53. The summed E-state index contributed by atoms with van der Waals surface area (Å²) in [5.74, 6) is -4.55. The molecule has 0 saturated carbocycles. The number of thioether (sulfide) groups is 1. The van der Waals surface area contributed by atoms with Gasteiger partial charge in [-0.25, -0.2) is 0 Å². The van der Waals surface area contributed by atoms with Gasteiger partial charge in [0.1, 0.15) is 0 Å². The van der Waals surface area contributed by atoms with Crippen molar-refractivity contribution in [3.8, 4) is 0 Å². The number of hydrogen-bond donors (Lipinski definition) is 1. The molecule has 3 amide bonds. The summed E-state index contributed by atoms with van der Waals surface area (Å²) in [7, 11) is 0. The number of benzene rings is 2. The molecule has 3 rings (SSSR count). The molecule has 1 aliphatic rings. The first-order chi connectivity index (χ1) is 14.8. The standard InChI is InChI=1S/C21H18F2N2O5S/c22-21(23)31-14-9-7-13(8-10-14)24-17(26)12-30-18(27)6-3-11-25-19(28)15-4-1-2-5-16(15)20(25)29/h1-2,4-5,7-10,21H,3,6,11-12H2,(H,24,26). The fraction of sp³-hybridized carbons (Fsp3) is 0.238. The Bertz CT molecular complexity index is 963. The molecule has 0 atom stereocenters. The zero-order valence-corrected chi connectivity index (χ0v) is 17.0. The van der Waals surface area contributed by atoms with E-state index in [2.05, 4.69) is 5.32 Å². The molecule has 2 aromatic carbocycles. The van der Waals surface area contributed by atoms with Gasteiger partial charge in [0.15, 0.2) is 6.61 Å². The van der Waals surface area contributed by atoms with Crippen LogP contribution in [0.5, 0.6) is 0 Å². The number of nitrogens with zero attached hydrogens (tertiary/aromatic N) is 1. The van der Waals surface area contributed by atoms with Gasteiger partial charge in [-0.05, 0) is 42.8 Å². The van der Waals surface area contributed by atoms with Crippen molar-refractivity contribution in [3.05, 3.63) is 59.7 Å². The maximum absolute atomic E-state index is 12.3. The summed E-state index contributed by atoms with van der Waals surface area (Å²) in [5.41, 5.74) is 1.06. The van der Waals surface area contributed by atoms with Crippen LogP contribution in [0, 0.1) is 0 Å². The highest BCUT2D eigenvalue weighted by Crippen LogP contribution is 2.26. The number of carbonyl (C=O) groups is 4. The van der Waals surface area contributed by atoms with Crippen LogP contribution in [0.15, 0.2) is 53.4 Å². The fourth-order valence-corrected chi connectivity index (χ4v) is 3.46. The van der Waals surface area contributed by atoms with E-state index < -0.39 is 36.1 Å². The summed E-state index contributed by atoms with van der Waals surface area (Å²) in [6.45, 7) is -0.448. The fourth-order valence-electron chi connectivity index (χ4n) is 2.96. The number of carbonyl (C=O) groups excluding carboxylic acids is 4. The number of halogens is 2. The van der Waals surface area contributed by atoms with E-state index in [1.54, 1.807) is 24.3 Å². The van der Waals surface area contributed by atoms with Crippen LogP contribution in [0.25, 0.3) is 0 Å². The van der Waals surface area contributed by atoms with Crippen LogP contribution in [0.1, 0.15) is 33.6 Å². The Morgan fingerprint density at radius 1 is 1.00 bits per heavy atom. The molecule has 1 heterocycles. The van der Waals surface area contributed by atoms with Gasteiger partial charge in [0.05, 0.1) is 11.1 Å². The summed E-state index contributed by atoms with van der Waals surface area (Å²) in [5, 5.41) is 2.49. The van der Waals surface area contributed by atoms with Gasteiger partial charge in [0.2, 0.25) is 0 Å². The summed E-state index contributed by atoms with van der Waals surface area (Å²) in [6.07, 6.45) is 0.134. The third-order valence-electron chi connectivity index (χ3n) is 4.37. The van der Waals surface area contributed by atoms with Crippen LogP contribution in [0.2, 0.25) is 0 Å². The number of anilines is 1. The monoisotopic (exact) mass is 448 g/mol. The van der Waals surface area contributed by atoms with Crippen LogP contribution in [0.4, 0.5) is 14.5 Å². The first-order valence-electron chi connectivity index (χ1n) is 9.30. The van der Waals surface area contributed by atoms with E-state index in [0.29, 0.717) is 33.5 Å². The number of nitrogens with one attached hydrogen (secondary N) is 1. The molecular formula is C21H18F2N2O5S. The van der Waals surface area contributed by atoms with Crippen molar-refractivity contribution in [3.63, 3.8) is 0 Å². The molecule has 2 aromatic rings. The maximum atomic E-state index is 12.3. The Kier molecular flexibility index (Phi) is 7.35. The summed E-state index contributed by atoms with van der Waals surface area (Å²) in [4.78, 5) is 49.6. The van der Waals surface area contributed by atoms with E-state index in [4.69, 9.17) is 4.74 Å². The van der Waals surface area contributed by atoms with Crippen molar-refractivity contribution in [1.82, 2.24) is 4.90 Å². The number of imide groups is 1. The number of alkyl halides is 2. The second-order valence-electron chi connectivity index (χ2n) is 6.52. The second kappa shape index (κ2) is 10.2. The maximum Gasteiger partial charge on any atom is 0.306 e. The van der Waals surface area contributed by atoms with E-state index in [0.717, 1.165) is 4.90 Å². The lowest BCUT2D eigenvalue weighted by molar-refractivity contribution is -0.147. The number of ether oxygens (including phenoxy) is 1. The van der Waals surface area contributed by atoms with Crippen LogP contribution in [-0.2, 0) is 14.3 Å². The third-order valence-corrected chi connectivity index (χ3v) is 5.09. The number of esters is 1. The molecule has 0 radical (unpaired) electrons. The van der Waals surface area contributed by atoms with Crippen molar-refractivity contribution >= 4 is 41.1 Å². The molecule has 0 spiro atoms. The minimum Gasteiger partial charge on any atom is -0.456 e. The van der Waals surface area contributed by atoms with Crippen LogP contribution in [0.3, 0.4) is 0 Å². The molecule has 10 heteroatoms. The van der Waals surface area contributed by atoms with Crippen LogP contribution >= 0.6 is 11.8 Å². The van der Waals surface area contributed by atoms with Crippen molar-refractivity contribution in [2.24, 2.45) is 0 Å². The molecule has 31 heavy (non-hydrogen) atoms. The molecule has 1 aliphatic heterocycles. The Morgan fingerprint density at radius 2 is 1.61 bits per heavy atom. The van der Waals surface area contributed by atoms with Crippen LogP contribution in [-0.4, -0.2) is 47.5 Å². The lowest BCUT2D eigenvalue weighted by atomic mass is 10.1. The Morgan fingerprint density at radius 3 is 2.19 bits per heavy atom. The molecule has 1 N–H and O–H groups in total. The van der Waals surface area contributed by atoms with Crippen molar-refractivity contribution in [2.45, 2.75) is 23.5 Å². The normalized spacial score (nSPS) is 12.8. The summed E-state index contributed by atoms with van der Waals surface area (Å²) < 4.78 is 29.5. The smallest absolute Gasteiger partial charge is 0.306 e. The summed E-state index contributed by atoms with van der Waals surface area (Å²) in [6, 6.07) is 12.3. The Hall–Kier alpha value is -3.27. The van der Waals surface area contributed by atoms with Crippen molar-refractivity contribution in [2.75, 3.05) is 18.5 Å². The molecule has 162 valence electrons. The highest BCUT2D eigenvalue weighted by Gasteiger charge is 2.34. The zero-order valence-electron chi connectivity index (χ0n) is 16.2. The van der Waals surface area contributed by atoms with Gasteiger partial charge >= 0.3 is 5.97 Å². The number of hydrogen-bond acceptors (Lipinski definition) is 6. The molecule has 0 unspecified atom stereocenters. The zero-order chi connectivity index (χ0) is 22.4. The highest BCUT2D eigenvalue weighted by molar-refractivity contribution is 7.99. The average Bonchev–Trinajstić information content (AvgIpc) is 2.98. The van der Waals surface area contributed by atoms with Gasteiger partial charge in [-0.2, -0.15) is 8.78 Å². The van der Waals surface area contributed by atoms with Gasteiger partial charge in [0.25, 0.3) is 23.5 Å². The third kappa shape index (κ3) is 5.88. The van der Waals surface area contributed by atoms with E-state index in [1.807, 2.05) is 0 Å². The SMILES string of the molecule is O=C(COC(=O)CCCN1C(=O)c2ccccc2C1=O)Nc1ccc(SC(F)F)cc1.